The van der Waals surface area contributed by atoms with Gasteiger partial charge in [-0.15, -0.1) is 23.5 Å². The van der Waals surface area contributed by atoms with Gasteiger partial charge in [0.05, 0.1) is 4.08 Å². The van der Waals surface area contributed by atoms with Gasteiger partial charge >= 0.3 is 0 Å². The Morgan fingerprint density at radius 2 is 1.67 bits per heavy atom. The molecular weight excluding hydrogens is 312 g/mol. The van der Waals surface area contributed by atoms with Crippen LogP contribution in [0.25, 0.3) is 0 Å². The summed E-state index contributed by atoms with van der Waals surface area (Å²) in [5.41, 5.74) is 1.37. The summed E-state index contributed by atoms with van der Waals surface area (Å²) < 4.78 is 6.76. The second kappa shape index (κ2) is 6.21. The van der Waals surface area contributed by atoms with E-state index in [0.717, 1.165) is 5.75 Å². The van der Waals surface area contributed by atoms with E-state index in [0.29, 0.717) is 0 Å². The summed E-state index contributed by atoms with van der Waals surface area (Å²) in [6.45, 7) is 13.9. The van der Waals surface area contributed by atoms with Gasteiger partial charge in [-0.2, -0.15) is 0 Å². The normalized spacial score (nSPS) is 19.3. The van der Waals surface area contributed by atoms with Gasteiger partial charge in [-0.1, -0.05) is 39.0 Å². The van der Waals surface area contributed by atoms with Crippen molar-refractivity contribution in [3.63, 3.8) is 0 Å². The lowest BCUT2D eigenvalue weighted by molar-refractivity contribution is 0.486. The van der Waals surface area contributed by atoms with E-state index in [4.69, 9.17) is 4.43 Å². The van der Waals surface area contributed by atoms with Gasteiger partial charge in [0.15, 0.2) is 0 Å². The fourth-order valence-corrected chi connectivity index (χ4v) is 6.20. The minimum Gasteiger partial charge on any atom is -0.543 e. The fourth-order valence-electron chi connectivity index (χ4n) is 2.15. The molecule has 2 rings (SSSR count). The lowest BCUT2D eigenvalue weighted by Gasteiger charge is -2.39. The maximum atomic E-state index is 6.63. The number of rotatable bonds is 3. The van der Waals surface area contributed by atoms with E-state index < -0.39 is 8.32 Å². The van der Waals surface area contributed by atoms with Crippen molar-refractivity contribution < 1.29 is 4.43 Å². The highest BCUT2D eigenvalue weighted by Crippen LogP contribution is 2.53. The largest absolute Gasteiger partial charge is 0.543 e. The molecule has 0 N–H and O–H groups in total. The Bertz CT molecular complexity index is 488. The highest BCUT2D eigenvalue weighted by Gasteiger charge is 2.41. The van der Waals surface area contributed by atoms with Gasteiger partial charge in [0.2, 0.25) is 8.32 Å². The molecule has 1 nitrogen and oxygen atoms in total. The third-order valence-corrected chi connectivity index (χ3v) is 12.2. The second-order valence-electron chi connectivity index (χ2n) is 7.35. The topological polar surface area (TPSA) is 9.23 Å². The summed E-state index contributed by atoms with van der Waals surface area (Å²) in [6, 6.07) is 8.67. The van der Waals surface area contributed by atoms with Gasteiger partial charge in [0, 0.05) is 5.56 Å². The molecule has 118 valence electrons. The van der Waals surface area contributed by atoms with E-state index in [2.05, 4.69) is 88.6 Å². The van der Waals surface area contributed by atoms with Crippen LogP contribution in [0.1, 0.15) is 39.7 Å². The van der Waals surface area contributed by atoms with Crippen LogP contribution in [-0.4, -0.2) is 19.8 Å². The molecule has 1 aliphatic rings. The van der Waals surface area contributed by atoms with E-state index >= 15 is 0 Å². The van der Waals surface area contributed by atoms with E-state index in [9.17, 15) is 0 Å². The van der Waals surface area contributed by atoms with Crippen LogP contribution in [0.5, 0.6) is 5.75 Å². The van der Waals surface area contributed by atoms with Gasteiger partial charge in [-0.05, 0) is 49.0 Å². The Balaban J connectivity index is 2.33. The summed E-state index contributed by atoms with van der Waals surface area (Å²) in [5.74, 6) is 3.60. The lowest BCUT2D eigenvalue weighted by Crippen LogP contribution is -2.44. The number of hydrogen-bond donors (Lipinski definition) is 0. The van der Waals surface area contributed by atoms with Crippen LogP contribution in [0.15, 0.2) is 24.3 Å². The molecule has 0 amide bonds. The first-order valence-corrected chi connectivity index (χ1v) is 12.6. The number of thioether (sulfide) groups is 2. The van der Waals surface area contributed by atoms with E-state index in [1.54, 1.807) is 0 Å². The third kappa shape index (κ3) is 3.83. The van der Waals surface area contributed by atoms with E-state index in [1.165, 1.54) is 23.5 Å². The predicted octanol–water partition coefficient (Wildman–Crippen LogP) is 6.11. The van der Waals surface area contributed by atoms with Gasteiger partial charge in [0.25, 0.3) is 0 Å². The molecule has 1 aromatic carbocycles. The average Bonchev–Trinajstić information content (AvgIpc) is 2.38. The highest BCUT2D eigenvalue weighted by atomic mass is 32.2. The molecule has 0 aromatic heterocycles. The first-order chi connectivity index (χ1) is 9.66. The maximum Gasteiger partial charge on any atom is 0.250 e. The van der Waals surface area contributed by atoms with E-state index in [1.807, 2.05) is 0 Å². The van der Waals surface area contributed by atoms with Crippen LogP contribution in [0, 0.1) is 0 Å². The first-order valence-electron chi connectivity index (χ1n) is 7.72. The van der Waals surface area contributed by atoms with Crippen LogP contribution in [-0.2, 0) is 4.08 Å². The lowest BCUT2D eigenvalue weighted by atomic mass is 10.1. The zero-order chi connectivity index (χ0) is 15.7. The molecule has 0 radical (unpaired) electrons. The fraction of sp³-hybridized carbons (Fsp3) is 0.647. The van der Waals surface area contributed by atoms with Crippen LogP contribution in [0.4, 0.5) is 0 Å². The van der Waals surface area contributed by atoms with Gasteiger partial charge in [-0.25, -0.2) is 0 Å². The van der Waals surface area contributed by atoms with Crippen molar-refractivity contribution in [2.75, 3.05) is 11.5 Å². The highest BCUT2D eigenvalue weighted by molar-refractivity contribution is 8.18. The van der Waals surface area contributed by atoms with Gasteiger partial charge < -0.3 is 4.43 Å². The number of para-hydroxylation sites is 1. The molecular formula is C17H28OS2Si. The van der Waals surface area contributed by atoms with Crippen molar-refractivity contribution in [2.45, 2.75) is 56.3 Å². The molecule has 1 aromatic rings. The summed E-state index contributed by atoms with van der Waals surface area (Å²) in [6.07, 6.45) is 1.32. The zero-order valence-electron chi connectivity index (χ0n) is 14.2. The van der Waals surface area contributed by atoms with Crippen LogP contribution in [0.2, 0.25) is 18.1 Å². The molecule has 0 saturated carbocycles. The molecule has 21 heavy (non-hydrogen) atoms. The average molecular weight is 341 g/mol. The third-order valence-electron chi connectivity index (χ3n) is 4.59. The van der Waals surface area contributed by atoms with Crippen molar-refractivity contribution in [3.05, 3.63) is 29.8 Å². The van der Waals surface area contributed by atoms with Crippen molar-refractivity contribution >= 4 is 31.8 Å². The molecule has 1 aliphatic heterocycles. The predicted molar refractivity (Wildman–Crippen MR) is 101 cm³/mol. The molecule has 0 atom stereocenters. The quantitative estimate of drug-likeness (QED) is 0.614. The molecule has 0 bridgehead atoms. The summed E-state index contributed by atoms with van der Waals surface area (Å²) >= 11 is 4.13. The monoisotopic (exact) mass is 340 g/mol. The molecule has 1 heterocycles. The minimum atomic E-state index is -1.79. The molecule has 4 heteroatoms. The maximum absolute atomic E-state index is 6.63. The van der Waals surface area contributed by atoms with Gasteiger partial charge in [0.1, 0.15) is 5.75 Å². The Hall–Kier alpha value is -0.0631. The summed E-state index contributed by atoms with van der Waals surface area (Å²) in [5, 5.41) is 0.230. The second-order valence-corrected chi connectivity index (χ2v) is 15.4. The van der Waals surface area contributed by atoms with Crippen molar-refractivity contribution in [1.82, 2.24) is 0 Å². The smallest absolute Gasteiger partial charge is 0.250 e. The summed E-state index contributed by atoms with van der Waals surface area (Å²) in [4.78, 5) is 0. The molecule has 0 unspecified atom stereocenters. The molecule has 0 aliphatic carbocycles. The standard InChI is InChI=1S/C17H28OS2Si/c1-16(2,3)21(5,6)18-15-11-8-7-10-14(15)17(4)19-12-9-13-20-17/h7-8,10-11H,9,12-13H2,1-6H3. The molecule has 1 saturated heterocycles. The number of benzene rings is 1. The Labute approximate surface area is 139 Å². The summed E-state index contributed by atoms with van der Waals surface area (Å²) in [7, 11) is -1.79. The van der Waals surface area contributed by atoms with Crippen LogP contribution in [0.3, 0.4) is 0 Å². The Morgan fingerprint density at radius 1 is 1.10 bits per heavy atom. The number of hydrogen-bond acceptors (Lipinski definition) is 3. The SMILES string of the molecule is CC1(c2ccccc2O[Si](C)(C)C(C)(C)C)SCCCS1. The van der Waals surface area contributed by atoms with Crippen molar-refractivity contribution in [1.29, 1.82) is 0 Å². The Kier molecular flexibility index (Phi) is 5.11. The minimum absolute atomic E-state index is 0.136. The first kappa shape index (κ1) is 17.3. The zero-order valence-corrected chi connectivity index (χ0v) is 16.8. The molecule has 1 fully saturated rings. The molecule has 0 spiro atoms. The Morgan fingerprint density at radius 3 is 2.24 bits per heavy atom. The van der Waals surface area contributed by atoms with Crippen molar-refractivity contribution in [3.8, 4) is 5.75 Å². The van der Waals surface area contributed by atoms with Gasteiger partial charge in [-0.3, -0.25) is 0 Å². The van der Waals surface area contributed by atoms with E-state index in [-0.39, 0.29) is 9.12 Å². The van der Waals surface area contributed by atoms with Crippen LogP contribution < -0.4 is 4.43 Å². The van der Waals surface area contributed by atoms with Crippen molar-refractivity contribution in [2.24, 2.45) is 0 Å². The van der Waals surface area contributed by atoms with Crippen LogP contribution >= 0.6 is 23.5 Å².